The molecule has 152 valence electrons. The minimum absolute atomic E-state index is 0.0681. The van der Waals surface area contributed by atoms with E-state index in [1.807, 2.05) is 37.1 Å². The van der Waals surface area contributed by atoms with Crippen molar-refractivity contribution in [3.8, 4) is 5.69 Å². The van der Waals surface area contributed by atoms with Crippen molar-refractivity contribution >= 4 is 29.1 Å². The molecule has 0 aliphatic carbocycles. The Morgan fingerprint density at radius 2 is 1.89 bits per heavy atom. The molecule has 2 heterocycles. The summed E-state index contributed by atoms with van der Waals surface area (Å²) in [4.78, 5) is 16.3. The zero-order chi connectivity index (χ0) is 20.1. The summed E-state index contributed by atoms with van der Waals surface area (Å²) in [7, 11) is 0. The van der Waals surface area contributed by atoms with Crippen LogP contribution in [0.1, 0.15) is 19.5 Å². The summed E-state index contributed by atoms with van der Waals surface area (Å²) in [6.45, 7) is 9.24. The highest BCUT2D eigenvalue weighted by molar-refractivity contribution is 6.42. The molecule has 1 aromatic heterocycles. The van der Waals surface area contributed by atoms with Crippen molar-refractivity contribution in [2.45, 2.75) is 20.5 Å². The summed E-state index contributed by atoms with van der Waals surface area (Å²) in [5.74, 6) is 0.312. The van der Waals surface area contributed by atoms with Crippen LogP contribution in [0.15, 0.2) is 30.5 Å². The van der Waals surface area contributed by atoms with Crippen molar-refractivity contribution < 1.29 is 9.53 Å². The Balaban J connectivity index is 1.39. The largest absolute Gasteiger partial charge is 0.374 e. The predicted molar refractivity (Wildman–Crippen MR) is 111 cm³/mol. The average Bonchev–Trinajstić information content (AvgIpc) is 3.16. The summed E-state index contributed by atoms with van der Waals surface area (Å²) in [5, 5.41) is 5.54. The Morgan fingerprint density at radius 3 is 2.57 bits per heavy atom. The Labute approximate surface area is 176 Å². The minimum atomic E-state index is 0.0681. The zero-order valence-electron chi connectivity index (χ0n) is 16.3. The van der Waals surface area contributed by atoms with Gasteiger partial charge in [-0.05, 0) is 24.3 Å². The van der Waals surface area contributed by atoms with Crippen molar-refractivity contribution in [3.05, 3.63) is 46.2 Å². The van der Waals surface area contributed by atoms with Crippen molar-refractivity contribution in [1.82, 2.24) is 19.6 Å². The summed E-state index contributed by atoms with van der Waals surface area (Å²) in [5.41, 5.74) is 1.72. The second-order valence-electron chi connectivity index (χ2n) is 7.22. The topological polar surface area (TPSA) is 50.6 Å². The van der Waals surface area contributed by atoms with Crippen LogP contribution < -0.4 is 0 Å². The first-order valence-corrected chi connectivity index (χ1v) is 10.3. The van der Waals surface area contributed by atoms with Crippen molar-refractivity contribution in [3.63, 3.8) is 0 Å². The average molecular weight is 425 g/mol. The molecule has 0 unspecified atom stereocenters. The molecule has 0 spiro atoms. The second kappa shape index (κ2) is 9.74. The predicted octanol–water partition coefficient (Wildman–Crippen LogP) is 3.50. The maximum Gasteiger partial charge on any atom is 0.225 e. The quantitative estimate of drug-likeness (QED) is 0.638. The van der Waals surface area contributed by atoms with E-state index < -0.39 is 0 Å². The number of nitrogens with zero attached hydrogens (tertiary/aromatic N) is 4. The molecule has 1 aromatic carbocycles. The molecule has 2 aromatic rings. The Kier molecular flexibility index (Phi) is 7.35. The lowest BCUT2D eigenvalue weighted by molar-refractivity contribution is -0.136. The second-order valence-corrected chi connectivity index (χ2v) is 8.04. The highest BCUT2D eigenvalue weighted by Gasteiger charge is 2.22. The number of carbonyl (C=O) groups excluding carboxylic acids is 1. The van der Waals surface area contributed by atoms with E-state index in [1.54, 1.807) is 16.8 Å². The first-order valence-electron chi connectivity index (χ1n) is 9.53. The molecule has 1 aliphatic rings. The molecular formula is C20H26Cl2N4O2. The van der Waals surface area contributed by atoms with Gasteiger partial charge in [0.2, 0.25) is 5.91 Å². The summed E-state index contributed by atoms with van der Waals surface area (Å²) >= 11 is 12.0. The fraction of sp³-hybridized carbons (Fsp3) is 0.500. The third kappa shape index (κ3) is 5.47. The molecule has 0 N–H and O–H groups in total. The van der Waals surface area contributed by atoms with Crippen LogP contribution in [-0.4, -0.2) is 64.8 Å². The van der Waals surface area contributed by atoms with E-state index in [0.717, 1.165) is 44.1 Å². The molecule has 28 heavy (non-hydrogen) atoms. The van der Waals surface area contributed by atoms with Gasteiger partial charge in [0.25, 0.3) is 0 Å². The lowest BCUT2D eigenvalue weighted by Gasteiger charge is -2.35. The highest BCUT2D eigenvalue weighted by Crippen LogP contribution is 2.24. The van der Waals surface area contributed by atoms with E-state index in [4.69, 9.17) is 27.9 Å². The third-order valence-corrected chi connectivity index (χ3v) is 5.53. The molecule has 0 bridgehead atoms. The van der Waals surface area contributed by atoms with Crippen LogP contribution in [0.5, 0.6) is 0 Å². The summed E-state index contributed by atoms with van der Waals surface area (Å²) < 4.78 is 7.54. The van der Waals surface area contributed by atoms with Crippen LogP contribution in [0.3, 0.4) is 0 Å². The van der Waals surface area contributed by atoms with E-state index in [-0.39, 0.29) is 11.8 Å². The van der Waals surface area contributed by atoms with Gasteiger partial charge in [0.15, 0.2) is 0 Å². The maximum absolute atomic E-state index is 12.0. The van der Waals surface area contributed by atoms with Gasteiger partial charge in [-0.25, -0.2) is 4.68 Å². The summed E-state index contributed by atoms with van der Waals surface area (Å²) in [6, 6.07) is 7.34. The van der Waals surface area contributed by atoms with Crippen LogP contribution in [0.25, 0.3) is 5.69 Å². The number of ether oxygens (including phenoxy) is 1. The van der Waals surface area contributed by atoms with Gasteiger partial charge in [0.05, 0.1) is 34.6 Å². The van der Waals surface area contributed by atoms with Gasteiger partial charge in [-0.3, -0.25) is 9.69 Å². The zero-order valence-corrected chi connectivity index (χ0v) is 17.8. The molecule has 1 amide bonds. The number of rotatable bonds is 7. The van der Waals surface area contributed by atoms with Gasteiger partial charge < -0.3 is 9.64 Å². The number of amides is 1. The number of carbonyl (C=O) groups is 1. The van der Waals surface area contributed by atoms with Gasteiger partial charge in [0.1, 0.15) is 0 Å². The number of aromatic nitrogens is 2. The van der Waals surface area contributed by atoms with Gasteiger partial charge in [-0.1, -0.05) is 37.0 Å². The van der Waals surface area contributed by atoms with Crippen LogP contribution >= 0.6 is 23.2 Å². The molecule has 1 aliphatic heterocycles. The van der Waals surface area contributed by atoms with Gasteiger partial charge in [0, 0.05) is 44.8 Å². The van der Waals surface area contributed by atoms with E-state index in [1.165, 1.54) is 0 Å². The smallest absolute Gasteiger partial charge is 0.225 e. The van der Waals surface area contributed by atoms with Gasteiger partial charge >= 0.3 is 0 Å². The Morgan fingerprint density at radius 1 is 1.14 bits per heavy atom. The van der Waals surface area contributed by atoms with Crippen LogP contribution in [0.2, 0.25) is 10.0 Å². The molecule has 6 nitrogen and oxygen atoms in total. The first kappa shape index (κ1) is 21.1. The molecule has 0 atom stereocenters. The standard InChI is InChI=1S/C20H26Cl2N4O2/c1-15(2)20(27)25-9-7-24(8-10-25)11-12-28-14-16-5-6-26(23-16)17-3-4-18(21)19(22)13-17/h3-6,13,15H,7-12,14H2,1-2H3. The lowest BCUT2D eigenvalue weighted by Crippen LogP contribution is -2.50. The summed E-state index contributed by atoms with van der Waals surface area (Å²) in [6.07, 6.45) is 1.88. The van der Waals surface area contributed by atoms with Crippen LogP contribution in [-0.2, 0) is 16.1 Å². The Hall–Kier alpha value is -1.60. The normalized spacial score (nSPS) is 15.4. The van der Waals surface area contributed by atoms with E-state index in [2.05, 4.69) is 10.00 Å². The molecule has 3 rings (SSSR count). The van der Waals surface area contributed by atoms with Crippen LogP contribution in [0.4, 0.5) is 0 Å². The monoisotopic (exact) mass is 424 g/mol. The maximum atomic E-state index is 12.0. The molecule has 1 fully saturated rings. The Bertz CT molecular complexity index is 801. The number of hydrogen-bond donors (Lipinski definition) is 0. The fourth-order valence-corrected chi connectivity index (χ4v) is 3.43. The number of benzene rings is 1. The molecule has 1 saturated heterocycles. The van der Waals surface area contributed by atoms with E-state index in [9.17, 15) is 4.79 Å². The van der Waals surface area contributed by atoms with Crippen LogP contribution in [0, 0.1) is 5.92 Å². The number of halogens is 2. The van der Waals surface area contributed by atoms with Crippen molar-refractivity contribution in [1.29, 1.82) is 0 Å². The van der Waals surface area contributed by atoms with Gasteiger partial charge in [-0.15, -0.1) is 0 Å². The minimum Gasteiger partial charge on any atom is -0.374 e. The first-order chi connectivity index (χ1) is 13.4. The molecule has 0 radical (unpaired) electrons. The molecular weight excluding hydrogens is 399 g/mol. The SMILES string of the molecule is CC(C)C(=O)N1CCN(CCOCc2ccn(-c3ccc(Cl)c(Cl)c3)n2)CC1. The molecule has 8 heteroatoms. The number of hydrogen-bond acceptors (Lipinski definition) is 4. The van der Waals surface area contributed by atoms with E-state index in [0.29, 0.717) is 23.3 Å². The fourth-order valence-electron chi connectivity index (χ4n) is 3.14. The van der Waals surface area contributed by atoms with Gasteiger partial charge in [-0.2, -0.15) is 5.10 Å². The number of piperazine rings is 1. The van der Waals surface area contributed by atoms with Crippen molar-refractivity contribution in [2.75, 3.05) is 39.3 Å². The van der Waals surface area contributed by atoms with E-state index >= 15 is 0 Å². The lowest BCUT2D eigenvalue weighted by atomic mass is 10.1. The molecule has 0 saturated carbocycles. The third-order valence-electron chi connectivity index (χ3n) is 4.79. The highest BCUT2D eigenvalue weighted by atomic mass is 35.5. The van der Waals surface area contributed by atoms with Crippen molar-refractivity contribution in [2.24, 2.45) is 5.92 Å².